The van der Waals surface area contributed by atoms with E-state index in [0.29, 0.717) is 11.4 Å². The van der Waals surface area contributed by atoms with Crippen molar-refractivity contribution in [1.82, 2.24) is 9.21 Å². The number of sulfonamides is 1. The molecular weight excluding hydrogens is 308 g/mol. The highest BCUT2D eigenvalue weighted by molar-refractivity contribution is 7.89. The molecule has 0 aromatic heterocycles. The van der Waals surface area contributed by atoms with Gasteiger partial charge in [-0.3, -0.25) is 4.90 Å². The lowest BCUT2D eigenvalue weighted by atomic mass is 10.1. The maximum Gasteiger partial charge on any atom is 0.242 e. The van der Waals surface area contributed by atoms with Crippen LogP contribution in [0.4, 0.5) is 0 Å². The van der Waals surface area contributed by atoms with Gasteiger partial charge in [0.25, 0.3) is 0 Å². The first kappa shape index (κ1) is 17.7. The first-order valence-corrected chi connectivity index (χ1v) is 8.99. The van der Waals surface area contributed by atoms with Crippen molar-refractivity contribution in [1.29, 1.82) is 0 Å². The molecule has 0 aliphatic carbocycles. The Bertz CT molecular complexity index is 770. The minimum absolute atomic E-state index is 0.337. The molecule has 0 atom stereocenters. The van der Waals surface area contributed by atoms with Gasteiger partial charge in [-0.2, -0.15) is 0 Å². The Balaban J connectivity index is 2.13. The van der Waals surface area contributed by atoms with E-state index in [1.807, 2.05) is 25.2 Å². The Morgan fingerprint density at radius 2 is 1.61 bits per heavy atom. The van der Waals surface area contributed by atoms with Gasteiger partial charge in [-0.15, -0.1) is 0 Å². The number of hydrogen-bond donors (Lipinski definition) is 0. The summed E-state index contributed by atoms with van der Waals surface area (Å²) in [6, 6.07) is 15.5. The van der Waals surface area contributed by atoms with Crippen LogP contribution in [0, 0.1) is 6.92 Å². The van der Waals surface area contributed by atoms with Crippen LogP contribution in [0.5, 0.6) is 0 Å². The van der Waals surface area contributed by atoms with Crippen LogP contribution in [-0.2, 0) is 23.1 Å². The van der Waals surface area contributed by atoms with E-state index in [-0.39, 0.29) is 0 Å². The van der Waals surface area contributed by atoms with E-state index in [1.165, 1.54) is 15.4 Å². The van der Waals surface area contributed by atoms with Crippen molar-refractivity contribution in [2.24, 2.45) is 0 Å². The summed E-state index contributed by atoms with van der Waals surface area (Å²) in [6.45, 7) is 3.63. The largest absolute Gasteiger partial charge is 0.298 e. The van der Waals surface area contributed by atoms with Crippen molar-refractivity contribution < 1.29 is 8.42 Å². The van der Waals surface area contributed by atoms with Gasteiger partial charge in [-0.1, -0.05) is 36.4 Å². The van der Waals surface area contributed by atoms with E-state index in [1.54, 1.807) is 32.3 Å². The lowest BCUT2D eigenvalue weighted by molar-refractivity contribution is 0.318. The fraction of sp³-hybridized carbons (Fsp3) is 0.333. The zero-order valence-electron chi connectivity index (χ0n) is 14.2. The summed E-state index contributed by atoms with van der Waals surface area (Å²) in [4.78, 5) is 2.52. The molecule has 0 bridgehead atoms. The fourth-order valence-electron chi connectivity index (χ4n) is 2.46. The smallest absolute Gasteiger partial charge is 0.242 e. The first-order chi connectivity index (χ1) is 10.8. The maximum atomic E-state index is 12.2. The summed E-state index contributed by atoms with van der Waals surface area (Å²) in [6.07, 6.45) is 0. The Morgan fingerprint density at radius 1 is 0.913 bits per heavy atom. The summed E-state index contributed by atoms with van der Waals surface area (Å²) in [5.41, 5.74) is 3.54. The monoisotopic (exact) mass is 332 g/mol. The van der Waals surface area contributed by atoms with Crippen molar-refractivity contribution in [3.05, 3.63) is 65.2 Å². The average molecular weight is 332 g/mol. The quantitative estimate of drug-likeness (QED) is 0.817. The molecular formula is C18H24N2O2S. The van der Waals surface area contributed by atoms with E-state index in [9.17, 15) is 8.42 Å². The molecule has 5 heteroatoms. The minimum Gasteiger partial charge on any atom is -0.298 e. The van der Waals surface area contributed by atoms with Gasteiger partial charge in [0.1, 0.15) is 0 Å². The summed E-state index contributed by atoms with van der Waals surface area (Å²) in [5, 5.41) is 0. The molecule has 0 aliphatic heterocycles. The second-order valence-electron chi connectivity index (χ2n) is 6.03. The summed E-state index contributed by atoms with van der Waals surface area (Å²) in [5.74, 6) is 0. The third-order valence-corrected chi connectivity index (χ3v) is 5.64. The molecule has 0 N–H and O–H groups in total. The topological polar surface area (TPSA) is 40.6 Å². The summed E-state index contributed by atoms with van der Waals surface area (Å²) >= 11 is 0. The van der Waals surface area contributed by atoms with Gasteiger partial charge >= 0.3 is 0 Å². The van der Waals surface area contributed by atoms with Crippen LogP contribution in [0.3, 0.4) is 0 Å². The molecule has 0 saturated carbocycles. The highest BCUT2D eigenvalue weighted by Gasteiger charge is 2.17. The van der Waals surface area contributed by atoms with Gasteiger partial charge in [-0.05, 0) is 42.8 Å². The third kappa shape index (κ3) is 4.41. The maximum absolute atomic E-state index is 12.2. The van der Waals surface area contributed by atoms with Crippen molar-refractivity contribution in [2.75, 3.05) is 21.1 Å². The molecule has 0 fully saturated rings. The zero-order valence-corrected chi connectivity index (χ0v) is 15.0. The van der Waals surface area contributed by atoms with Crippen molar-refractivity contribution in [3.8, 4) is 0 Å². The Morgan fingerprint density at radius 3 is 2.26 bits per heavy atom. The molecule has 0 unspecified atom stereocenters. The number of rotatable bonds is 6. The van der Waals surface area contributed by atoms with E-state index < -0.39 is 10.0 Å². The van der Waals surface area contributed by atoms with E-state index in [0.717, 1.165) is 12.1 Å². The average Bonchev–Trinajstić information content (AvgIpc) is 2.49. The van der Waals surface area contributed by atoms with Gasteiger partial charge in [0.2, 0.25) is 10.0 Å². The Kier molecular flexibility index (Phi) is 5.57. The lowest BCUT2D eigenvalue weighted by Crippen LogP contribution is -2.23. The molecule has 2 rings (SSSR count). The molecule has 0 radical (unpaired) electrons. The highest BCUT2D eigenvalue weighted by Crippen LogP contribution is 2.17. The van der Waals surface area contributed by atoms with Crippen molar-refractivity contribution in [2.45, 2.75) is 24.9 Å². The van der Waals surface area contributed by atoms with Gasteiger partial charge in [0, 0.05) is 27.2 Å². The minimum atomic E-state index is -3.39. The normalized spacial score (nSPS) is 12.1. The summed E-state index contributed by atoms with van der Waals surface area (Å²) < 4.78 is 25.7. The molecule has 0 aliphatic rings. The van der Waals surface area contributed by atoms with Crippen LogP contribution in [0.25, 0.3) is 0 Å². The highest BCUT2D eigenvalue weighted by atomic mass is 32.2. The predicted octanol–water partition coefficient (Wildman–Crippen LogP) is 2.88. The summed E-state index contributed by atoms with van der Waals surface area (Å²) in [7, 11) is 1.75. The molecule has 2 aromatic carbocycles. The van der Waals surface area contributed by atoms with E-state index in [4.69, 9.17) is 0 Å². The molecule has 0 amide bonds. The van der Waals surface area contributed by atoms with Gasteiger partial charge in [-0.25, -0.2) is 12.7 Å². The number of aryl methyl sites for hydroxylation is 1. The van der Waals surface area contributed by atoms with E-state index >= 15 is 0 Å². The second-order valence-corrected chi connectivity index (χ2v) is 8.19. The Labute approximate surface area is 139 Å². The molecule has 4 nitrogen and oxygen atoms in total. The van der Waals surface area contributed by atoms with Crippen molar-refractivity contribution in [3.63, 3.8) is 0 Å². The van der Waals surface area contributed by atoms with Gasteiger partial charge in [0.15, 0.2) is 0 Å². The second kappa shape index (κ2) is 7.25. The number of hydrogen-bond acceptors (Lipinski definition) is 3. The Hall–Kier alpha value is -1.69. The van der Waals surface area contributed by atoms with Crippen LogP contribution >= 0.6 is 0 Å². The third-order valence-electron chi connectivity index (χ3n) is 3.83. The molecule has 0 saturated heterocycles. The first-order valence-electron chi connectivity index (χ1n) is 7.55. The predicted molar refractivity (Wildman–Crippen MR) is 93.7 cm³/mol. The van der Waals surface area contributed by atoms with Crippen LogP contribution in [0.15, 0.2) is 53.4 Å². The zero-order chi connectivity index (χ0) is 17.0. The molecule has 23 heavy (non-hydrogen) atoms. The molecule has 0 heterocycles. The van der Waals surface area contributed by atoms with Crippen LogP contribution in [0.1, 0.15) is 16.7 Å². The fourth-order valence-corrected chi connectivity index (χ4v) is 3.43. The van der Waals surface area contributed by atoms with Gasteiger partial charge in [0.05, 0.1) is 4.90 Å². The number of benzene rings is 2. The lowest BCUT2D eigenvalue weighted by Gasteiger charge is -2.19. The van der Waals surface area contributed by atoms with Crippen LogP contribution < -0.4 is 0 Å². The molecule has 124 valence electrons. The molecule has 2 aromatic rings. The SMILES string of the molecule is Cc1ccccc1CN(C)Cc1cccc(S(=O)(=O)N(C)C)c1. The van der Waals surface area contributed by atoms with E-state index in [2.05, 4.69) is 24.0 Å². The standard InChI is InChI=1S/C18H24N2O2S/c1-15-8-5-6-10-17(15)14-20(4)13-16-9-7-11-18(12-16)23(21,22)19(2)3/h5-12H,13-14H2,1-4H3. The van der Waals surface area contributed by atoms with Gasteiger partial charge < -0.3 is 0 Å². The van der Waals surface area contributed by atoms with Crippen LogP contribution in [-0.4, -0.2) is 38.8 Å². The van der Waals surface area contributed by atoms with Crippen LogP contribution in [0.2, 0.25) is 0 Å². The molecule has 0 spiro atoms. The number of nitrogens with zero attached hydrogens (tertiary/aromatic N) is 2. The van der Waals surface area contributed by atoms with Crippen molar-refractivity contribution >= 4 is 10.0 Å².